The zero-order valence-corrected chi connectivity index (χ0v) is 10.4. The molecule has 0 aliphatic rings. The van der Waals surface area contributed by atoms with Crippen LogP contribution in [-0.2, 0) is 10.0 Å². The summed E-state index contributed by atoms with van der Waals surface area (Å²) >= 11 is 0. The number of hydrogen-bond donors (Lipinski definition) is 1. The second-order valence-electron chi connectivity index (χ2n) is 3.42. The number of sulfonamides is 1. The normalized spacial score (nSPS) is 11.2. The summed E-state index contributed by atoms with van der Waals surface area (Å²) < 4.78 is 24.9. The van der Waals surface area contributed by atoms with E-state index in [1.54, 1.807) is 0 Å². The minimum Gasteiger partial charge on any atom is -0.478 e. The third kappa shape index (κ3) is 3.03. The molecule has 0 saturated heterocycles. The van der Waals surface area contributed by atoms with Gasteiger partial charge in [-0.1, -0.05) is 0 Å². The molecule has 0 aliphatic heterocycles. The maximum absolute atomic E-state index is 11.9. The third-order valence-corrected chi connectivity index (χ3v) is 3.97. The molecule has 0 atom stereocenters. The Hall–Kier alpha value is -1.98. The minimum absolute atomic E-state index is 0.0567. The van der Waals surface area contributed by atoms with Crippen LogP contribution in [-0.4, -0.2) is 42.4 Å². The zero-order valence-electron chi connectivity index (χ0n) is 9.57. The number of aromatic carboxylic acids is 1. The van der Waals surface area contributed by atoms with Gasteiger partial charge in [0, 0.05) is 26.2 Å². The average Bonchev–Trinajstić information content (AvgIpc) is 2.35. The first-order chi connectivity index (χ1) is 8.39. The van der Waals surface area contributed by atoms with Crippen molar-refractivity contribution in [3.63, 3.8) is 0 Å². The molecule has 1 aromatic heterocycles. The number of aromatic nitrogens is 1. The van der Waals surface area contributed by atoms with Gasteiger partial charge in [-0.3, -0.25) is 0 Å². The molecule has 0 radical (unpaired) electrons. The number of rotatable bonds is 5. The highest BCUT2D eigenvalue weighted by Gasteiger charge is 2.22. The number of carboxylic acids is 1. The molecule has 0 unspecified atom stereocenters. The molecular weight excluding hydrogens is 258 g/mol. The molecule has 0 amide bonds. The van der Waals surface area contributed by atoms with E-state index in [9.17, 15) is 13.2 Å². The van der Waals surface area contributed by atoms with Crippen LogP contribution < -0.4 is 0 Å². The van der Waals surface area contributed by atoms with E-state index in [0.717, 1.165) is 16.6 Å². The number of nitrogens with zero attached hydrogens (tertiary/aromatic N) is 3. The summed E-state index contributed by atoms with van der Waals surface area (Å²) in [7, 11) is -2.44. The van der Waals surface area contributed by atoms with Crippen LogP contribution in [0, 0.1) is 11.3 Å². The second-order valence-corrected chi connectivity index (χ2v) is 5.42. The van der Waals surface area contributed by atoms with Crippen molar-refractivity contribution in [2.24, 2.45) is 0 Å². The minimum atomic E-state index is -3.78. The smallest absolute Gasteiger partial charge is 0.337 e. The fraction of sp³-hybridized carbons (Fsp3) is 0.300. The maximum atomic E-state index is 11.9. The number of nitriles is 1. The molecule has 96 valence electrons. The summed E-state index contributed by atoms with van der Waals surface area (Å²) in [5, 5.41) is 16.8. The summed E-state index contributed by atoms with van der Waals surface area (Å²) in [6.45, 7) is 0.0567. The lowest BCUT2D eigenvalue weighted by atomic mass is 10.3. The first-order valence-electron chi connectivity index (χ1n) is 4.92. The average molecular weight is 269 g/mol. The van der Waals surface area contributed by atoms with Gasteiger partial charge >= 0.3 is 5.97 Å². The van der Waals surface area contributed by atoms with Crippen LogP contribution in [0.15, 0.2) is 23.4 Å². The van der Waals surface area contributed by atoms with Gasteiger partial charge in [-0.05, 0) is 12.1 Å². The molecule has 1 rings (SSSR count). The molecule has 0 aromatic carbocycles. The Morgan fingerprint density at radius 3 is 2.67 bits per heavy atom. The van der Waals surface area contributed by atoms with Gasteiger partial charge in [0.2, 0.25) is 0 Å². The van der Waals surface area contributed by atoms with E-state index in [1.807, 2.05) is 6.07 Å². The topological polar surface area (TPSA) is 111 Å². The van der Waals surface area contributed by atoms with Crippen molar-refractivity contribution < 1.29 is 18.3 Å². The van der Waals surface area contributed by atoms with E-state index < -0.39 is 16.0 Å². The molecule has 8 heteroatoms. The number of carboxylic acid groups (broad SMARTS) is 1. The van der Waals surface area contributed by atoms with Crippen LogP contribution in [0.25, 0.3) is 0 Å². The quantitative estimate of drug-likeness (QED) is 0.823. The predicted octanol–water partition coefficient (Wildman–Crippen LogP) is 0.314. The molecule has 0 bridgehead atoms. The van der Waals surface area contributed by atoms with Crippen molar-refractivity contribution in [1.29, 1.82) is 5.26 Å². The molecule has 0 saturated carbocycles. The zero-order chi connectivity index (χ0) is 13.8. The van der Waals surface area contributed by atoms with Crippen LogP contribution >= 0.6 is 0 Å². The van der Waals surface area contributed by atoms with E-state index in [-0.39, 0.29) is 23.6 Å². The van der Waals surface area contributed by atoms with Crippen LogP contribution in [0.1, 0.15) is 16.8 Å². The standard InChI is InChI=1S/C10H11N3O4S/c1-13(6-2-5-11)18(16,17)9-4-3-8(7-12-9)10(14)15/h3-4,7H,2,6H2,1H3,(H,14,15). The van der Waals surface area contributed by atoms with Crippen molar-refractivity contribution in [3.8, 4) is 6.07 Å². The lowest BCUT2D eigenvalue weighted by molar-refractivity contribution is 0.0696. The number of carbonyl (C=O) groups is 1. The summed E-state index contributed by atoms with van der Waals surface area (Å²) in [4.78, 5) is 14.2. The van der Waals surface area contributed by atoms with Gasteiger partial charge in [-0.2, -0.15) is 9.57 Å². The van der Waals surface area contributed by atoms with Gasteiger partial charge in [-0.15, -0.1) is 0 Å². The fourth-order valence-corrected chi connectivity index (χ4v) is 2.22. The maximum Gasteiger partial charge on any atom is 0.337 e. The van der Waals surface area contributed by atoms with Crippen LogP contribution in [0.3, 0.4) is 0 Å². The Kier molecular flexibility index (Phi) is 4.36. The molecule has 0 fully saturated rings. The predicted molar refractivity (Wildman–Crippen MR) is 61.2 cm³/mol. The monoisotopic (exact) mass is 269 g/mol. The largest absolute Gasteiger partial charge is 0.478 e. The summed E-state index contributed by atoms with van der Waals surface area (Å²) in [5.74, 6) is -1.18. The Morgan fingerprint density at radius 2 is 2.22 bits per heavy atom. The van der Waals surface area contributed by atoms with Gasteiger partial charge in [0.15, 0.2) is 5.03 Å². The van der Waals surface area contributed by atoms with Gasteiger partial charge < -0.3 is 5.11 Å². The molecule has 1 N–H and O–H groups in total. The van der Waals surface area contributed by atoms with Crippen molar-refractivity contribution >= 4 is 16.0 Å². The molecule has 0 spiro atoms. The van der Waals surface area contributed by atoms with E-state index in [2.05, 4.69) is 4.98 Å². The second kappa shape index (κ2) is 5.57. The van der Waals surface area contributed by atoms with Crippen molar-refractivity contribution in [2.45, 2.75) is 11.4 Å². The molecule has 0 aliphatic carbocycles. The summed E-state index contributed by atoms with van der Waals surface area (Å²) in [5.41, 5.74) is -0.0892. The fourth-order valence-electron chi connectivity index (χ4n) is 1.15. The SMILES string of the molecule is CN(CCC#N)S(=O)(=O)c1ccc(C(=O)O)cn1. The molecule has 18 heavy (non-hydrogen) atoms. The van der Waals surface area contributed by atoms with E-state index in [1.165, 1.54) is 13.1 Å². The highest BCUT2D eigenvalue weighted by molar-refractivity contribution is 7.89. The lowest BCUT2D eigenvalue weighted by Gasteiger charge is -2.14. The third-order valence-electron chi connectivity index (χ3n) is 2.20. The molecule has 7 nitrogen and oxygen atoms in total. The van der Waals surface area contributed by atoms with E-state index >= 15 is 0 Å². The number of hydrogen-bond acceptors (Lipinski definition) is 5. The summed E-state index contributed by atoms with van der Waals surface area (Å²) in [6, 6.07) is 4.14. The summed E-state index contributed by atoms with van der Waals surface area (Å²) in [6.07, 6.45) is 1.05. The highest BCUT2D eigenvalue weighted by Crippen LogP contribution is 2.12. The lowest BCUT2D eigenvalue weighted by Crippen LogP contribution is -2.28. The van der Waals surface area contributed by atoms with Gasteiger partial charge in [0.1, 0.15) is 0 Å². The molecule has 1 aromatic rings. The van der Waals surface area contributed by atoms with Crippen molar-refractivity contribution in [3.05, 3.63) is 23.9 Å². The van der Waals surface area contributed by atoms with Crippen LogP contribution in [0.4, 0.5) is 0 Å². The Labute approximate surface area is 104 Å². The molecular formula is C10H11N3O4S. The Balaban J connectivity index is 2.99. The van der Waals surface area contributed by atoms with Gasteiger partial charge in [-0.25, -0.2) is 18.2 Å². The Morgan fingerprint density at radius 1 is 1.56 bits per heavy atom. The number of pyridine rings is 1. The van der Waals surface area contributed by atoms with Gasteiger partial charge in [0.25, 0.3) is 10.0 Å². The van der Waals surface area contributed by atoms with Gasteiger partial charge in [0.05, 0.1) is 11.6 Å². The van der Waals surface area contributed by atoms with Crippen molar-refractivity contribution in [2.75, 3.05) is 13.6 Å². The first-order valence-corrected chi connectivity index (χ1v) is 6.36. The highest BCUT2D eigenvalue weighted by atomic mass is 32.2. The van der Waals surface area contributed by atoms with Crippen LogP contribution in [0.5, 0.6) is 0 Å². The van der Waals surface area contributed by atoms with E-state index in [0.29, 0.717) is 0 Å². The van der Waals surface area contributed by atoms with Crippen LogP contribution in [0.2, 0.25) is 0 Å². The molecule has 1 heterocycles. The first kappa shape index (κ1) is 14.1. The van der Waals surface area contributed by atoms with Crippen molar-refractivity contribution in [1.82, 2.24) is 9.29 Å². The Bertz CT molecular complexity index is 574. The van der Waals surface area contributed by atoms with E-state index in [4.69, 9.17) is 10.4 Å².